The molecule has 0 saturated heterocycles. The van der Waals surface area contributed by atoms with Crippen LogP contribution in [0.5, 0.6) is 5.75 Å². The summed E-state index contributed by atoms with van der Waals surface area (Å²) in [6.07, 6.45) is 2.82. The van der Waals surface area contributed by atoms with Crippen LogP contribution in [0.25, 0.3) is 0 Å². The van der Waals surface area contributed by atoms with Crippen LogP contribution in [0.15, 0.2) is 18.2 Å². The molecule has 0 saturated carbocycles. The molecule has 4 heteroatoms. The van der Waals surface area contributed by atoms with Crippen LogP contribution in [0.4, 0.5) is 8.78 Å². The van der Waals surface area contributed by atoms with E-state index in [9.17, 15) is 8.78 Å². The minimum atomic E-state index is -0.521. The van der Waals surface area contributed by atoms with Crippen molar-refractivity contribution in [3.8, 4) is 5.75 Å². The van der Waals surface area contributed by atoms with Crippen LogP contribution in [-0.2, 0) is 0 Å². The third-order valence-corrected chi connectivity index (χ3v) is 2.75. The molecular weight excluding hydrogens is 224 g/mol. The Balaban J connectivity index is 2.33. The highest BCUT2D eigenvalue weighted by Gasteiger charge is 2.06. The van der Waals surface area contributed by atoms with Crippen LogP contribution >= 0.6 is 0 Å². The van der Waals surface area contributed by atoms with Crippen molar-refractivity contribution in [3.05, 3.63) is 29.8 Å². The Bertz CT molecular complexity index is 340. The zero-order valence-corrected chi connectivity index (χ0v) is 10.3. The first-order valence-corrected chi connectivity index (χ1v) is 5.92. The van der Waals surface area contributed by atoms with Crippen LogP contribution in [0.3, 0.4) is 0 Å². The van der Waals surface area contributed by atoms with E-state index in [-0.39, 0.29) is 5.75 Å². The predicted molar refractivity (Wildman–Crippen MR) is 64.2 cm³/mol. The third kappa shape index (κ3) is 4.69. The average molecular weight is 243 g/mol. The summed E-state index contributed by atoms with van der Waals surface area (Å²) >= 11 is 0. The molecular formula is C13H19F2NO. The van der Waals surface area contributed by atoms with Crippen molar-refractivity contribution in [2.75, 3.05) is 13.7 Å². The van der Waals surface area contributed by atoms with Gasteiger partial charge in [0.05, 0.1) is 6.61 Å². The Kier molecular flexibility index (Phi) is 5.91. The lowest BCUT2D eigenvalue weighted by Gasteiger charge is -2.13. The molecule has 0 aliphatic heterocycles. The van der Waals surface area contributed by atoms with Crippen LogP contribution in [0.1, 0.15) is 26.2 Å². The first-order valence-electron chi connectivity index (χ1n) is 5.92. The zero-order valence-electron chi connectivity index (χ0n) is 10.3. The largest absolute Gasteiger partial charge is 0.490 e. The van der Waals surface area contributed by atoms with Gasteiger partial charge in [0.15, 0.2) is 11.6 Å². The lowest BCUT2D eigenvalue weighted by Crippen LogP contribution is -2.24. The van der Waals surface area contributed by atoms with E-state index >= 15 is 0 Å². The molecule has 17 heavy (non-hydrogen) atoms. The summed E-state index contributed by atoms with van der Waals surface area (Å²) in [6, 6.07) is 3.68. The second-order valence-corrected chi connectivity index (χ2v) is 3.96. The molecule has 0 aliphatic carbocycles. The Morgan fingerprint density at radius 1 is 1.35 bits per heavy atom. The molecule has 2 nitrogen and oxygen atoms in total. The van der Waals surface area contributed by atoms with Gasteiger partial charge in [0.2, 0.25) is 0 Å². The molecule has 1 aromatic carbocycles. The molecule has 1 N–H and O–H groups in total. The van der Waals surface area contributed by atoms with Crippen LogP contribution in [0.2, 0.25) is 0 Å². The minimum Gasteiger partial charge on any atom is -0.490 e. The minimum absolute atomic E-state index is 0.0116. The maximum Gasteiger partial charge on any atom is 0.165 e. The second-order valence-electron chi connectivity index (χ2n) is 3.96. The van der Waals surface area contributed by atoms with Gasteiger partial charge in [-0.1, -0.05) is 6.92 Å². The van der Waals surface area contributed by atoms with E-state index in [1.165, 1.54) is 0 Å². The van der Waals surface area contributed by atoms with Gasteiger partial charge in [-0.05, 0) is 38.4 Å². The maximum atomic E-state index is 13.2. The first-order chi connectivity index (χ1) is 8.17. The Morgan fingerprint density at radius 2 is 2.12 bits per heavy atom. The fourth-order valence-electron chi connectivity index (χ4n) is 1.65. The van der Waals surface area contributed by atoms with Crippen molar-refractivity contribution in [2.24, 2.45) is 0 Å². The van der Waals surface area contributed by atoms with E-state index in [2.05, 4.69) is 12.2 Å². The Hall–Kier alpha value is -1.16. The summed E-state index contributed by atoms with van der Waals surface area (Å²) in [5.74, 6) is -1.02. The van der Waals surface area contributed by atoms with Crippen molar-refractivity contribution in [1.82, 2.24) is 5.32 Å². The highest BCUT2D eigenvalue weighted by molar-refractivity contribution is 5.24. The van der Waals surface area contributed by atoms with Gasteiger partial charge >= 0.3 is 0 Å². The molecule has 0 fully saturated rings. The molecule has 96 valence electrons. The van der Waals surface area contributed by atoms with Gasteiger partial charge < -0.3 is 10.1 Å². The molecule has 1 rings (SSSR count). The van der Waals surface area contributed by atoms with Gasteiger partial charge in [-0.25, -0.2) is 8.78 Å². The van der Waals surface area contributed by atoms with Crippen molar-refractivity contribution in [1.29, 1.82) is 0 Å². The molecule has 1 atom stereocenters. The molecule has 0 aliphatic rings. The summed E-state index contributed by atoms with van der Waals surface area (Å²) in [5.41, 5.74) is 0. The number of nitrogens with one attached hydrogen (secondary N) is 1. The highest BCUT2D eigenvalue weighted by atomic mass is 19.1. The van der Waals surface area contributed by atoms with Gasteiger partial charge in [-0.2, -0.15) is 0 Å². The molecule has 0 bridgehead atoms. The van der Waals surface area contributed by atoms with Gasteiger partial charge in [0, 0.05) is 12.1 Å². The molecule has 0 radical (unpaired) electrons. The third-order valence-electron chi connectivity index (χ3n) is 2.75. The molecule has 1 aromatic rings. The molecule has 0 heterocycles. The van der Waals surface area contributed by atoms with Crippen LogP contribution in [0, 0.1) is 11.6 Å². The number of rotatable bonds is 7. The fourth-order valence-corrected chi connectivity index (χ4v) is 1.65. The fraction of sp³-hybridized carbons (Fsp3) is 0.538. The van der Waals surface area contributed by atoms with E-state index in [4.69, 9.17) is 4.74 Å². The quantitative estimate of drug-likeness (QED) is 0.743. The average Bonchev–Trinajstić information content (AvgIpc) is 2.33. The van der Waals surface area contributed by atoms with Crippen molar-refractivity contribution in [2.45, 2.75) is 32.2 Å². The molecule has 1 unspecified atom stereocenters. The summed E-state index contributed by atoms with van der Waals surface area (Å²) < 4.78 is 31.2. The summed E-state index contributed by atoms with van der Waals surface area (Å²) in [5, 5.41) is 3.18. The summed E-state index contributed by atoms with van der Waals surface area (Å²) in [4.78, 5) is 0. The van der Waals surface area contributed by atoms with Gasteiger partial charge in [0.25, 0.3) is 0 Å². The van der Waals surface area contributed by atoms with E-state index in [1.54, 1.807) is 0 Å². The molecule has 0 aromatic heterocycles. The van der Waals surface area contributed by atoms with E-state index < -0.39 is 11.6 Å². The second kappa shape index (κ2) is 7.22. The van der Waals surface area contributed by atoms with E-state index in [1.807, 2.05) is 7.05 Å². The van der Waals surface area contributed by atoms with Crippen molar-refractivity contribution in [3.63, 3.8) is 0 Å². The normalized spacial score (nSPS) is 12.5. The van der Waals surface area contributed by atoms with E-state index in [0.29, 0.717) is 12.6 Å². The van der Waals surface area contributed by atoms with E-state index in [0.717, 1.165) is 37.5 Å². The van der Waals surface area contributed by atoms with Crippen LogP contribution < -0.4 is 10.1 Å². The lowest BCUT2D eigenvalue weighted by atomic mass is 10.1. The Morgan fingerprint density at radius 3 is 2.76 bits per heavy atom. The van der Waals surface area contributed by atoms with Crippen LogP contribution in [-0.4, -0.2) is 19.7 Å². The molecule has 0 spiro atoms. The number of hydrogen-bond acceptors (Lipinski definition) is 2. The standard InChI is InChI=1S/C13H19F2NO/c1-3-11(16-2)5-4-8-17-13-9-10(14)6-7-12(13)15/h6-7,9,11,16H,3-5,8H2,1-2H3. The predicted octanol–water partition coefficient (Wildman–Crippen LogP) is 3.12. The van der Waals surface area contributed by atoms with Crippen molar-refractivity contribution < 1.29 is 13.5 Å². The zero-order chi connectivity index (χ0) is 12.7. The maximum absolute atomic E-state index is 13.2. The summed E-state index contributed by atoms with van der Waals surface area (Å²) in [7, 11) is 1.92. The first kappa shape index (κ1) is 13.9. The SMILES string of the molecule is CCC(CCCOc1cc(F)ccc1F)NC. The lowest BCUT2D eigenvalue weighted by molar-refractivity contribution is 0.282. The monoisotopic (exact) mass is 243 g/mol. The number of benzene rings is 1. The molecule has 0 amide bonds. The van der Waals surface area contributed by atoms with Gasteiger partial charge in [-0.3, -0.25) is 0 Å². The van der Waals surface area contributed by atoms with Gasteiger partial charge in [0.1, 0.15) is 5.82 Å². The number of ether oxygens (including phenoxy) is 1. The number of halogens is 2. The smallest absolute Gasteiger partial charge is 0.165 e. The van der Waals surface area contributed by atoms with Gasteiger partial charge in [-0.15, -0.1) is 0 Å². The summed E-state index contributed by atoms with van der Waals surface area (Å²) in [6.45, 7) is 2.51. The highest BCUT2D eigenvalue weighted by Crippen LogP contribution is 2.18. The topological polar surface area (TPSA) is 21.3 Å². The number of hydrogen-bond donors (Lipinski definition) is 1. The van der Waals surface area contributed by atoms with Crippen molar-refractivity contribution >= 4 is 0 Å². The Labute approximate surface area is 101 Å².